The van der Waals surface area contributed by atoms with E-state index in [4.69, 9.17) is 9.26 Å². The Bertz CT molecular complexity index is 562. The summed E-state index contributed by atoms with van der Waals surface area (Å²) >= 11 is 1.39. The third-order valence-electron chi connectivity index (χ3n) is 2.43. The van der Waals surface area contributed by atoms with Gasteiger partial charge in [-0.2, -0.15) is 4.98 Å². The molecule has 2 aromatic rings. The van der Waals surface area contributed by atoms with Gasteiger partial charge in [0.25, 0.3) is 0 Å². The van der Waals surface area contributed by atoms with Crippen molar-refractivity contribution in [3.05, 3.63) is 36.1 Å². The minimum absolute atomic E-state index is 0.0534. The van der Waals surface area contributed by atoms with Gasteiger partial charge in [-0.05, 0) is 12.1 Å². The van der Waals surface area contributed by atoms with E-state index in [1.165, 1.54) is 11.8 Å². The molecule has 0 spiro atoms. The molecule has 0 atom stereocenters. The maximum absolute atomic E-state index is 11.7. The van der Waals surface area contributed by atoms with Crippen molar-refractivity contribution in [2.45, 2.75) is 18.1 Å². The summed E-state index contributed by atoms with van der Waals surface area (Å²) in [6.07, 6.45) is 2.20. The summed E-state index contributed by atoms with van der Waals surface area (Å²) in [5, 5.41) is 7.37. The Morgan fingerprint density at radius 1 is 1.48 bits per heavy atom. The van der Waals surface area contributed by atoms with Crippen LogP contribution in [0.5, 0.6) is 0 Å². The lowest BCUT2D eigenvalue weighted by atomic mass is 10.4. The first-order valence-corrected chi connectivity index (χ1v) is 7.37. The smallest absolute Gasteiger partial charge is 0.230 e. The Hall–Kier alpha value is -1.93. The number of ether oxygens (including phenoxy) is 1. The van der Waals surface area contributed by atoms with Gasteiger partial charge in [0.05, 0.1) is 10.8 Å². The van der Waals surface area contributed by atoms with E-state index in [1.807, 2.05) is 18.2 Å². The molecule has 0 saturated carbocycles. The van der Waals surface area contributed by atoms with Gasteiger partial charge >= 0.3 is 0 Å². The van der Waals surface area contributed by atoms with Crippen LogP contribution in [0.3, 0.4) is 0 Å². The van der Waals surface area contributed by atoms with E-state index in [9.17, 15) is 4.79 Å². The molecule has 0 unspecified atom stereocenters. The number of nitrogens with zero attached hydrogens (tertiary/aromatic N) is 3. The van der Waals surface area contributed by atoms with Gasteiger partial charge in [0.2, 0.25) is 11.8 Å². The number of hydrogen-bond acceptors (Lipinski definition) is 7. The zero-order chi connectivity index (χ0) is 14.9. The molecule has 1 amide bonds. The number of carbonyl (C=O) groups excluding carboxylic acids is 1. The van der Waals surface area contributed by atoms with Gasteiger partial charge in [0.15, 0.2) is 5.82 Å². The number of rotatable bonds is 8. The molecule has 8 heteroatoms. The molecule has 2 rings (SSSR count). The molecule has 0 aromatic carbocycles. The summed E-state index contributed by atoms with van der Waals surface area (Å²) in [4.78, 5) is 19.9. The van der Waals surface area contributed by atoms with Crippen LogP contribution in [-0.4, -0.2) is 40.4 Å². The van der Waals surface area contributed by atoms with E-state index >= 15 is 0 Å². The van der Waals surface area contributed by atoms with Crippen LogP contribution in [0, 0.1) is 0 Å². The summed E-state index contributed by atoms with van der Waals surface area (Å²) < 4.78 is 9.92. The molecule has 7 nitrogen and oxygen atoms in total. The van der Waals surface area contributed by atoms with E-state index < -0.39 is 0 Å². The molecule has 0 aliphatic heterocycles. The van der Waals surface area contributed by atoms with Gasteiger partial charge in [0, 0.05) is 26.3 Å². The van der Waals surface area contributed by atoms with E-state index in [1.54, 1.807) is 13.3 Å². The minimum Gasteiger partial charge on any atom is -0.377 e. The topological polar surface area (TPSA) is 90.1 Å². The molecule has 0 fully saturated rings. The van der Waals surface area contributed by atoms with Gasteiger partial charge in [0.1, 0.15) is 6.61 Å². The quantitative estimate of drug-likeness (QED) is 0.729. The predicted molar refractivity (Wildman–Crippen MR) is 76.7 cm³/mol. The Kier molecular flexibility index (Phi) is 6.17. The monoisotopic (exact) mass is 308 g/mol. The molecule has 0 bridgehead atoms. The highest BCUT2D eigenvalue weighted by molar-refractivity contribution is 7.99. The largest absolute Gasteiger partial charge is 0.377 e. The Morgan fingerprint density at radius 3 is 3.14 bits per heavy atom. The van der Waals surface area contributed by atoms with Crippen LogP contribution in [0.4, 0.5) is 0 Å². The van der Waals surface area contributed by atoms with Crippen LogP contribution in [0.15, 0.2) is 33.9 Å². The van der Waals surface area contributed by atoms with Crippen molar-refractivity contribution in [1.29, 1.82) is 0 Å². The van der Waals surface area contributed by atoms with Crippen LogP contribution >= 0.6 is 11.8 Å². The number of hydrogen-bond donors (Lipinski definition) is 1. The zero-order valence-electron chi connectivity index (χ0n) is 11.6. The molecular formula is C13H16N4O3S. The van der Waals surface area contributed by atoms with E-state index in [2.05, 4.69) is 20.4 Å². The van der Waals surface area contributed by atoms with Crippen molar-refractivity contribution in [2.24, 2.45) is 0 Å². The number of methoxy groups -OCH3 is 1. The van der Waals surface area contributed by atoms with Gasteiger partial charge in [-0.1, -0.05) is 23.0 Å². The molecule has 21 heavy (non-hydrogen) atoms. The van der Waals surface area contributed by atoms with Crippen LogP contribution in [0.25, 0.3) is 0 Å². The summed E-state index contributed by atoms with van der Waals surface area (Å²) in [6.45, 7) is 0.771. The number of nitrogens with one attached hydrogen (secondary N) is 1. The van der Waals surface area contributed by atoms with Gasteiger partial charge < -0.3 is 14.6 Å². The zero-order valence-corrected chi connectivity index (χ0v) is 12.4. The fourth-order valence-corrected chi connectivity index (χ4v) is 2.20. The van der Waals surface area contributed by atoms with Crippen molar-refractivity contribution in [2.75, 3.05) is 19.4 Å². The maximum Gasteiger partial charge on any atom is 0.230 e. The fourth-order valence-electron chi connectivity index (χ4n) is 1.51. The van der Waals surface area contributed by atoms with Crippen molar-refractivity contribution in [3.8, 4) is 0 Å². The Balaban J connectivity index is 1.64. The molecule has 2 aromatic heterocycles. The Labute approximate surface area is 126 Å². The molecule has 0 aliphatic rings. The first kappa shape index (κ1) is 15.5. The van der Waals surface area contributed by atoms with Crippen LogP contribution in [0.1, 0.15) is 11.7 Å². The second kappa shape index (κ2) is 8.38. The number of carbonyl (C=O) groups is 1. The van der Waals surface area contributed by atoms with Gasteiger partial charge in [-0.15, -0.1) is 0 Å². The van der Waals surface area contributed by atoms with Crippen molar-refractivity contribution in [3.63, 3.8) is 0 Å². The first-order valence-electron chi connectivity index (χ1n) is 6.39. The summed E-state index contributed by atoms with van der Waals surface area (Å²) in [6, 6.07) is 5.60. The second-order valence-corrected chi connectivity index (χ2v) is 5.09. The lowest BCUT2D eigenvalue weighted by Gasteiger charge is -2.02. The highest BCUT2D eigenvalue weighted by atomic mass is 32.2. The average Bonchev–Trinajstić information content (AvgIpc) is 2.94. The van der Waals surface area contributed by atoms with Crippen LogP contribution in [-0.2, 0) is 22.6 Å². The number of pyridine rings is 1. The van der Waals surface area contributed by atoms with Crippen molar-refractivity contribution < 1.29 is 14.1 Å². The molecule has 0 aliphatic carbocycles. The lowest BCUT2D eigenvalue weighted by molar-refractivity contribution is -0.118. The standard InChI is InChI=1S/C13H16N4O3S/c1-19-8-10-16-12(20-17-10)5-7-14-11(18)9-21-13-4-2-3-6-15-13/h2-4,6H,5,7-9H2,1H3,(H,14,18). The third kappa shape index (κ3) is 5.52. The molecular weight excluding hydrogens is 292 g/mol. The van der Waals surface area contributed by atoms with E-state index in [0.717, 1.165) is 5.03 Å². The number of aromatic nitrogens is 3. The normalized spacial score (nSPS) is 10.5. The van der Waals surface area contributed by atoms with Crippen molar-refractivity contribution >= 4 is 17.7 Å². The maximum atomic E-state index is 11.7. The highest BCUT2D eigenvalue weighted by Gasteiger charge is 2.07. The number of amides is 1. The molecule has 0 radical (unpaired) electrons. The van der Waals surface area contributed by atoms with Gasteiger partial charge in [-0.25, -0.2) is 4.98 Å². The molecule has 1 N–H and O–H groups in total. The van der Waals surface area contributed by atoms with Crippen molar-refractivity contribution in [1.82, 2.24) is 20.4 Å². The van der Waals surface area contributed by atoms with E-state index in [-0.39, 0.29) is 5.91 Å². The highest BCUT2D eigenvalue weighted by Crippen LogP contribution is 2.12. The van der Waals surface area contributed by atoms with Gasteiger partial charge in [-0.3, -0.25) is 4.79 Å². The lowest BCUT2D eigenvalue weighted by Crippen LogP contribution is -2.27. The molecule has 112 valence electrons. The Morgan fingerprint density at radius 2 is 2.38 bits per heavy atom. The first-order chi connectivity index (χ1) is 10.3. The summed E-state index contributed by atoms with van der Waals surface area (Å²) in [7, 11) is 1.56. The van der Waals surface area contributed by atoms with Crippen LogP contribution in [0.2, 0.25) is 0 Å². The molecule has 2 heterocycles. The third-order valence-corrected chi connectivity index (χ3v) is 3.38. The van der Waals surface area contributed by atoms with E-state index in [0.29, 0.717) is 37.0 Å². The summed E-state index contributed by atoms with van der Waals surface area (Å²) in [5.41, 5.74) is 0. The molecule has 0 saturated heterocycles. The summed E-state index contributed by atoms with van der Waals surface area (Å²) in [5.74, 6) is 1.27. The second-order valence-electron chi connectivity index (χ2n) is 4.09. The van der Waals surface area contributed by atoms with Crippen LogP contribution < -0.4 is 5.32 Å². The predicted octanol–water partition coefficient (Wildman–Crippen LogP) is 1.06. The minimum atomic E-state index is -0.0534. The fraction of sp³-hybridized carbons (Fsp3) is 0.385. The number of thioether (sulfide) groups is 1. The average molecular weight is 308 g/mol. The SMILES string of the molecule is COCc1noc(CCNC(=O)CSc2ccccn2)n1.